The van der Waals surface area contributed by atoms with Crippen molar-refractivity contribution >= 4 is 5.91 Å². The van der Waals surface area contributed by atoms with E-state index < -0.39 is 5.60 Å². The molecule has 1 amide bonds. The summed E-state index contributed by atoms with van der Waals surface area (Å²) in [5, 5.41) is 9.79. The lowest BCUT2D eigenvalue weighted by Gasteiger charge is -2.43. The number of rotatable bonds is 3. The highest BCUT2D eigenvalue weighted by Crippen LogP contribution is 2.39. The van der Waals surface area contributed by atoms with Gasteiger partial charge < -0.3 is 10.0 Å². The van der Waals surface area contributed by atoms with Crippen molar-refractivity contribution in [3.8, 4) is 0 Å². The molecule has 0 atom stereocenters. The van der Waals surface area contributed by atoms with Crippen LogP contribution < -0.4 is 0 Å². The molecule has 1 aromatic rings. The van der Waals surface area contributed by atoms with Gasteiger partial charge in [0, 0.05) is 19.0 Å². The van der Waals surface area contributed by atoms with Gasteiger partial charge >= 0.3 is 0 Å². The lowest BCUT2D eigenvalue weighted by Crippen LogP contribution is -2.51. The fraction of sp³-hybridized carbons (Fsp3) is 0.632. The minimum atomic E-state index is -0.607. The number of piperidine rings is 1. The average molecular weight is 301 g/mol. The normalized spacial score (nSPS) is 29.2. The van der Waals surface area contributed by atoms with Crippen LogP contribution in [0.1, 0.15) is 43.7 Å². The molecular formula is C19H27NO2. The lowest BCUT2D eigenvalue weighted by atomic mass is 9.71. The minimum Gasteiger partial charge on any atom is -0.390 e. The van der Waals surface area contributed by atoms with Crippen LogP contribution in [-0.2, 0) is 11.2 Å². The van der Waals surface area contributed by atoms with E-state index in [4.69, 9.17) is 0 Å². The molecule has 22 heavy (non-hydrogen) atoms. The highest BCUT2D eigenvalue weighted by Gasteiger charge is 2.44. The summed E-state index contributed by atoms with van der Waals surface area (Å²) in [6, 6.07) is 8.81. The van der Waals surface area contributed by atoms with E-state index in [1.54, 1.807) is 0 Å². The maximum atomic E-state index is 12.4. The highest BCUT2D eigenvalue weighted by atomic mass is 16.3. The summed E-state index contributed by atoms with van der Waals surface area (Å²) in [7, 11) is 0. The Hall–Kier alpha value is -1.35. The molecule has 1 aliphatic carbocycles. The molecule has 120 valence electrons. The predicted molar refractivity (Wildman–Crippen MR) is 87.5 cm³/mol. The Morgan fingerprint density at radius 2 is 1.82 bits per heavy atom. The van der Waals surface area contributed by atoms with Crippen LogP contribution in [0.5, 0.6) is 0 Å². The SMILES string of the molecule is Cc1ccc(CC2CCN(C(=O)C3CC(C)(O)C3)CC2)cc1. The van der Waals surface area contributed by atoms with Crippen molar-refractivity contribution < 1.29 is 9.90 Å². The number of hydrogen-bond donors (Lipinski definition) is 1. The van der Waals surface area contributed by atoms with E-state index in [2.05, 4.69) is 31.2 Å². The van der Waals surface area contributed by atoms with Crippen molar-refractivity contribution in [2.45, 2.75) is 51.6 Å². The summed E-state index contributed by atoms with van der Waals surface area (Å²) >= 11 is 0. The van der Waals surface area contributed by atoms with Gasteiger partial charge in [0.15, 0.2) is 0 Å². The Morgan fingerprint density at radius 3 is 2.36 bits per heavy atom. The number of nitrogens with zero attached hydrogens (tertiary/aromatic N) is 1. The van der Waals surface area contributed by atoms with Crippen LogP contribution in [0.4, 0.5) is 0 Å². The second kappa shape index (κ2) is 6.04. The van der Waals surface area contributed by atoms with Crippen LogP contribution in [0.25, 0.3) is 0 Å². The number of hydrogen-bond acceptors (Lipinski definition) is 2. The molecule has 3 nitrogen and oxygen atoms in total. The smallest absolute Gasteiger partial charge is 0.225 e. The predicted octanol–water partition coefficient (Wildman–Crippen LogP) is 2.94. The first-order valence-corrected chi connectivity index (χ1v) is 8.50. The van der Waals surface area contributed by atoms with Gasteiger partial charge in [-0.2, -0.15) is 0 Å². The molecule has 1 N–H and O–H groups in total. The van der Waals surface area contributed by atoms with Crippen molar-refractivity contribution in [3.05, 3.63) is 35.4 Å². The van der Waals surface area contributed by atoms with Crippen molar-refractivity contribution in [1.29, 1.82) is 0 Å². The molecule has 0 spiro atoms. The van der Waals surface area contributed by atoms with E-state index >= 15 is 0 Å². The second-order valence-electron chi connectivity index (χ2n) is 7.56. The van der Waals surface area contributed by atoms with E-state index in [1.165, 1.54) is 11.1 Å². The lowest BCUT2D eigenvalue weighted by molar-refractivity contribution is -0.151. The molecule has 3 rings (SSSR count). The van der Waals surface area contributed by atoms with Crippen LogP contribution in [0.2, 0.25) is 0 Å². The van der Waals surface area contributed by atoms with E-state index in [0.717, 1.165) is 32.4 Å². The van der Waals surface area contributed by atoms with Gasteiger partial charge in [0.05, 0.1) is 5.60 Å². The number of amides is 1. The zero-order chi connectivity index (χ0) is 15.7. The molecule has 2 aliphatic rings. The van der Waals surface area contributed by atoms with E-state index in [0.29, 0.717) is 18.8 Å². The summed E-state index contributed by atoms with van der Waals surface area (Å²) < 4.78 is 0. The Morgan fingerprint density at radius 1 is 1.23 bits per heavy atom. The van der Waals surface area contributed by atoms with Crippen LogP contribution in [-0.4, -0.2) is 34.6 Å². The van der Waals surface area contributed by atoms with Crippen molar-refractivity contribution in [2.24, 2.45) is 11.8 Å². The Balaban J connectivity index is 1.46. The molecule has 1 saturated carbocycles. The Labute approximate surface area is 133 Å². The average Bonchev–Trinajstić information content (AvgIpc) is 2.47. The minimum absolute atomic E-state index is 0.0589. The first-order valence-electron chi connectivity index (χ1n) is 8.50. The maximum Gasteiger partial charge on any atom is 0.225 e. The molecule has 3 heteroatoms. The fourth-order valence-corrected chi connectivity index (χ4v) is 3.85. The first kappa shape index (κ1) is 15.5. The van der Waals surface area contributed by atoms with Crippen LogP contribution >= 0.6 is 0 Å². The number of carbonyl (C=O) groups excluding carboxylic acids is 1. The standard InChI is InChI=1S/C19H27NO2/c1-14-3-5-15(6-4-14)11-16-7-9-20(10-8-16)18(21)17-12-19(2,22)13-17/h3-6,16-17,22H,7-13H2,1-2H3. The van der Waals surface area contributed by atoms with Crippen LogP contribution in [0, 0.1) is 18.8 Å². The zero-order valence-corrected chi connectivity index (χ0v) is 13.7. The van der Waals surface area contributed by atoms with Gasteiger partial charge in [0.2, 0.25) is 5.91 Å². The molecular weight excluding hydrogens is 274 g/mol. The van der Waals surface area contributed by atoms with Gasteiger partial charge in [-0.25, -0.2) is 0 Å². The topological polar surface area (TPSA) is 40.5 Å². The molecule has 1 heterocycles. The van der Waals surface area contributed by atoms with Gasteiger partial charge in [-0.05, 0) is 57.4 Å². The van der Waals surface area contributed by atoms with Crippen molar-refractivity contribution in [1.82, 2.24) is 4.90 Å². The second-order valence-corrected chi connectivity index (χ2v) is 7.56. The number of carbonyl (C=O) groups is 1. The maximum absolute atomic E-state index is 12.4. The summed E-state index contributed by atoms with van der Waals surface area (Å²) in [5.74, 6) is 1.01. The number of aryl methyl sites for hydroxylation is 1. The van der Waals surface area contributed by atoms with E-state index in [-0.39, 0.29) is 11.8 Å². The van der Waals surface area contributed by atoms with Crippen LogP contribution in [0.15, 0.2) is 24.3 Å². The third-order valence-electron chi connectivity index (χ3n) is 5.29. The van der Waals surface area contributed by atoms with Gasteiger partial charge in [-0.3, -0.25) is 4.79 Å². The zero-order valence-electron chi connectivity index (χ0n) is 13.7. The summed E-state index contributed by atoms with van der Waals surface area (Å²) in [4.78, 5) is 14.4. The Kier molecular flexibility index (Phi) is 4.26. The largest absolute Gasteiger partial charge is 0.390 e. The quantitative estimate of drug-likeness (QED) is 0.932. The molecule has 0 aromatic heterocycles. The van der Waals surface area contributed by atoms with Gasteiger partial charge in [-0.15, -0.1) is 0 Å². The third kappa shape index (κ3) is 3.52. The van der Waals surface area contributed by atoms with Crippen molar-refractivity contribution in [3.63, 3.8) is 0 Å². The van der Waals surface area contributed by atoms with E-state index in [1.807, 2.05) is 11.8 Å². The summed E-state index contributed by atoms with van der Waals surface area (Å²) in [6.07, 6.45) is 4.59. The molecule has 1 aromatic carbocycles. The fourth-order valence-electron chi connectivity index (χ4n) is 3.85. The molecule has 1 aliphatic heterocycles. The molecule has 0 bridgehead atoms. The Bertz CT molecular complexity index is 519. The summed E-state index contributed by atoms with van der Waals surface area (Å²) in [5.41, 5.74) is 2.11. The number of likely N-dealkylation sites (tertiary alicyclic amines) is 1. The number of aliphatic hydroxyl groups is 1. The van der Waals surface area contributed by atoms with Gasteiger partial charge in [0.1, 0.15) is 0 Å². The van der Waals surface area contributed by atoms with E-state index in [9.17, 15) is 9.90 Å². The molecule has 0 radical (unpaired) electrons. The van der Waals surface area contributed by atoms with Gasteiger partial charge in [0.25, 0.3) is 0 Å². The first-order chi connectivity index (χ1) is 10.4. The number of benzene rings is 1. The molecule has 2 fully saturated rings. The van der Waals surface area contributed by atoms with Gasteiger partial charge in [-0.1, -0.05) is 29.8 Å². The molecule has 1 saturated heterocycles. The van der Waals surface area contributed by atoms with Crippen molar-refractivity contribution in [2.75, 3.05) is 13.1 Å². The summed E-state index contributed by atoms with van der Waals surface area (Å²) in [6.45, 7) is 5.71. The third-order valence-corrected chi connectivity index (χ3v) is 5.29. The highest BCUT2D eigenvalue weighted by molar-refractivity contribution is 5.80. The molecule has 0 unspecified atom stereocenters. The monoisotopic (exact) mass is 301 g/mol. The van der Waals surface area contributed by atoms with Crippen LogP contribution in [0.3, 0.4) is 0 Å².